The number of hydrogen-bond acceptors (Lipinski definition) is 2. The standard InChI is InChI=1S/C13H17Cl2N3/c1-4-13(3,5-2)18-11-7-9(15)8(14)6-10(11)17-12(18)16/h6-7H,4-5H2,1-3H3,(H2,16,17). The zero-order valence-corrected chi connectivity index (χ0v) is 12.3. The van der Waals surface area contributed by atoms with Crippen LogP contribution in [0.25, 0.3) is 11.0 Å². The number of imidazole rings is 1. The second kappa shape index (κ2) is 4.63. The van der Waals surface area contributed by atoms with Gasteiger partial charge in [0.25, 0.3) is 0 Å². The molecule has 5 heteroatoms. The highest BCUT2D eigenvalue weighted by Crippen LogP contribution is 2.35. The van der Waals surface area contributed by atoms with E-state index in [2.05, 4.69) is 30.3 Å². The minimum Gasteiger partial charge on any atom is -0.369 e. The highest BCUT2D eigenvalue weighted by atomic mass is 35.5. The van der Waals surface area contributed by atoms with Crippen molar-refractivity contribution in [3.63, 3.8) is 0 Å². The molecule has 0 amide bonds. The van der Waals surface area contributed by atoms with Gasteiger partial charge in [0.05, 0.1) is 21.1 Å². The first-order valence-corrected chi connectivity index (χ1v) is 6.82. The molecule has 0 bridgehead atoms. The first-order chi connectivity index (χ1) is 8.42. The van der Waals surface area contributed by atoms with E-state index in [1.165, 1.54) is 0 Å². The number of hydrogen-bond donors (Lipinski definition) is 1. The Kier molecular flexibility index (Phi) is 3.47. The van der Waals surface area contributed by atoms with Crippen LogP contribution in [-0.2, 0) is 5.54 Å². The fourth-order valence-corrected chi connectivity index (χ4v) is 2.54. The van der Waals surface area contributed by atoms with Crippen LogP contribution in [0.1, 0.15) is 33.6 Å². The third kappa shape index (κ3) is 1.95. The van der Waals surface area contributed by atoms with Crippen LogP contribution in [0.2, 0.25) is 10.0 Å². The van der Waals surface area contributed by atoms with E-state index in [0.717, 1.165) is 23.9 Å². The van der Waals surface area contributed by atoms with Crippen LogP contribution in [0.5, 0.6) is 0 Å². The molecule has 2 rings (SSSR count). The lowest BCUT2D eigenvalue weighted by molar-refractivity contribution is 0.307. The molecule has 3 nitrogen and oxygen atoms in total. The molecule has 0 aliphatic rings. The number of benzene rings is 1. The van der Waals surface area contributed by atoms with Gasteiger partial charge in [0.15, 0.2) is 0 Å². The van der Waals surface area contributed by atoms with Gasteiger partial charge in [-0.3, -0.25) is 0 Å². The molecule has 0 aliphatic carbocycles. The summed E-state index contributed by atoms with van der Waals surface area (Å²) in [5, 5.41) is 1.03. The van der Waals surface area contributed by atoms with Gasteiger partial charge >= 0.3 is 0 Å². The Hall–Kier alpha value is -0.930. The van der Waals surface area contributed by atoms with Crippen LogP contribution in [0.15, 0.2) is 12.1 Å². The lowest BCUT2D eigenvalue weighted by atomic mass is 9.95. The third-order valence-electron chi connectivity index (χ3n) is 3.79. The van der Waals surface area contributed by atoms with Crippen molar-refractivity contribution >= 4 is 40.2 Å². The maximum atomic E-state index is 6.09. The summed E-state index contributed by atoms with van der Waals surface area (Å²) < 4.78 is 2.06. The summed E-state index contributed by atoms with van der Waals surface area (Å²) in [5.74, 6) is 0.509. The Morgan fingerprint density at radius 1 is 1.22 bits per heavy atom. The molecular weight excluding hydrogens is 269 g/mol. The quantitative estimate of drug-likeness (QED) is 0.905. The van der Waals surface area contributed by atoms with Gasteiger partial charge in [-0.05, 0) is 31.9 Å². The largest absolute Gasteiger partial charge is 0.369 e. The van der Waals surface area contributed by atoms with Gasteiger partial charge in [-0.25, -0.2) is 4.98 Å². The van der Waals surface area contributed by atoms with Crippen LogP contribution in [-0.4, -0.2) is 9.55 Å². The van der Waals surface area contributed by atoms with E-state index < -0.39 is 0 Å². The zero-order chi connectivity index (χ0) is 13.5. The van der Waals surface area contributed by atoms with Crippen molar-refractivity contribution in [3.05, 3.63) is 22.2 Å². The van der Waals surface area contributed by atoms with Crippen molar-refractivity contribution in [1.82, 2.24) is 9.55 Å². The molecule has 1 aromatic carbocycles. The molecule has 1 heterocycles. The van der Waals surface area contributed by atoms with Gasteiger partial charge in [-0.1, -0.05) is 37.0 Å². The molecule has 1 aromatic heterocycles. The molecule has 0 saturated carbocycles. The monoisotopic (exact) mass is 285 g/mol. The molecule has 0 radical (unpaired) electrons. The summed E-state index contributed by atoms with van der Waals surface area (Å²) >= 11 is 12.1. The predicted octanol–water partition coefficient (Wildman–Crippen LogP) is 4.46. The fourth-order valence-electron chi connectivity index (χ4n) is 2.22. The average Bonchev–Trinajstić information content (AvgIpc) is 2.65. The summed E-state index contributed by atoms with van der Waals surface area (Å²) in [6.07, 6.45) is 1.94. The molecular formula is C13H17Cl2N3. The highest BCUT2D eigenvalue weighted by Gasteiger charge is 2.27. The second-order valence-corrected chi connectivity index (χ2v) is 5.58. The molecule has 2 aromatic rings. The molecule has 2 N–H and O–H groups in total. The summed E-state index contributed by atoms with van der Waals surface area (Å²) in [6.45, 7) is 6.46. The topological polar surface area (TPSA) is 43.8 Å². The maximum absolute atomic E-state index is 6.09. The van der Waals surface area contributed by atoms with E-state index in [9.17, 15) is 0 Å². The third-order valence-corrected chi connectivity index (χ3v) is 4.51. The highest BCUT2D eigenvalue weighted by molar-refractivity contribution is 6.42. The van der Waals surface area contributed by atoms with Crippen LogP contribution in [0, 0.1) is 0 Å². The van der Waals surface area contributed by atoms with Gasteiger partial charge < -0.3 is 10.3 Å². The molecule has 0 spiro atoms. The number of rotatable bonds is 3. The van der Waals surface area contributed by atoms with Crippen LogP contribution < -0.4 is 5.73 Å². The fraction of sp³-hybridized carbons (Fsp3) is 0.462. The van der Waals surface area contributed by atoms with Gasteiger partial charge in [0, 0.05) is 5.54 Å². The maximum Gasteiger partial charge on any atom is 0.201 e. The lowest BCUT2D eigenvalue weighted by Gasteiger charge is -2.30. The Morgan fingerprint density at radius 3 is 2.33 bits per heavy atom. The Bertz CT molecular complexity index is 585. The number of nitrogens with zero attached hydrogens (tertiary/aromatic N) is 2. The van der Waals surface area contributed by atoms with E-state index in [0.29, 0.717) is 16.0 Å². The van der Waals surface area contributed by atoms with E-state index in [1.807, 2.05) is 6.07 Å². The molecule has 0 unspecified atom stereocenters. The minimum atomic E-state index is -0.0595. The number of fused-ring (bicyclic) bond motifs is 1. The number of nitrogen functional groups attached to an aromatic ring is 1. The molecule has 0 atom stereocenters. The van der Waals surface area contributed by atoms with E-state index >= 15 is 0 Å². The first-order valence-electron chi connectivity index (χ1n) is 6.06. The number of nitrogens with two attached hydrogens (primary N) is 1. The molecule has 0 saturated heterocycles. The van der Waals surface area contributed by atoms with Crippen molar-refractivity contribution in [3.8, 4) is 0 Å². The SMILES string of the molecule is CCC(C)(CC)n1c(N)nc2cc(Cl)c(Cl)cc21. The Labute approximate surface area is 117 Å². The van der Waals surface area contributed by atoms with Gasteiger partial charge in [0.1, 0.15) is 0 Å². The Balaban J connectivity index is 2.78. The molecule has 18 heavy (non-hydrogen) atoms. The van der Waals surface area contributed by atoms with Gasteiger partial charge in [0.2, 0.25) is 5.95 Å². The van der Waals surface area contributed by atoms with Gasteiger partial charge in [-0.15, -0.1) is 0 Å². The Morgan fingerprint density at radius 2 is 1.78 bits per heavy atom. The zero-order valence-electron chi connectivity index (χ0n) is 10.8. The summed E-state index contributed by atoms with van der Waals surface area (Å²) in [6, 6.07) is 3.60. The van der Waals surface area contributed by atoms with E-state index in [-0.39, 0.29) is 5.54 Å². The summed E-state index contributed by atoms with van der Waals surface area (Å²) in [4.78, 5) is 4.37. The van der Waals surface area contributed by atoms with Crippen LogP contribution in [0.4, 0.5) is 5.95 Å². The second-order valence-electron chi connectivity index (χ2n) is 4.76. The van der Waals surface area contributed by atoms with Crippen molar-refractivity contribution in [1.29, 1.82) is 0 Å². The van der Waals surface area contributed by atoms with Gasteiger partial charge in [-0.2, -0.15) is 0 Å². The van der Waals surface area contributed by atoms with E-state index in [4.69, 9.17) is 28.9 Å². The smallest absolute Gasteiger partial charge is 0.201 e. The van der Waals surface area contributed by atoms with Crippen molar-refractivity contribution < 1.29 is 0 Å². The normalized spacial score (nSPS) is 12.3. The average molecular weight is 286 g/mol. The molecule has 0 aliphatic heterocycles. The van der Waals surface area contributed by atoms with Crippen LogP contribution in [0.3, 0.4) is 0 Å². The molecule has 98 valence electrons. The first kappa shape index (κ1) is 13.5. The van der Waals surface area contributed by atoms with E-state index in [1.54, 1.807) is 6.07 Å². The van der Waals surface area contributed by atoms with Crippen molar-refractivity contribution in [2.45, 2.75) is 39.2 Å². The number of anilines is 1. The minimum absolute atomic E-state index is 0.0595. The summed E-state index contributed by atoms with van der Waals surface area (Å²) in [7, 11) is 0. The summed E-state index contributed by atoms with van der Waals surface area (Å²) in [5.41, 5.74) is 7.72. The number of halogens is 2. The number of aromatic nitrogens is 2. The lowest BCUT2D eigenvalue weighted by Crippen LogP contribution is -2.29. The van der Waals surface area contributed by atoms with Crippen molar-refractivity contribution in [2.24, 2.45) is 0 Å². The van der Waals surface area contributed by atoms with Crippen molar-refractivity contribution in [2.75, 3.05) is 5.73 Å². The predicted molar refractivity (Wildman–Crippen MR) is 78.4 cm³/mol. The van der Waals surface area contributed by atoms with Crippen LogP contribution >= 0.6 is 23.2 Å². The molecule has 0 fully saturated rings.